The smallest absolute Gasteiger partial charge is 0.261 e. The highest BCUT2D eigenvalue weighted by atomic mass is 28.4. The Morgan fingerprint density at radius 1 is 0.830 bits per heavy atom. The summed E-state index contributed by atoms with van der Waals surface area (Å²) in [6.45, 7) is 14.5. The van der Waals surface area contributed by atoms with Crippen molar-refractivity contribution in [3.8, 4) is 0 Å². The van der Waals surface area contributed by atoms with E-state index < -0.39 is 26.3 Å². The van der Waals surface area contributed by atoms with Gasteiger partial charge in [0.1, 0.15) is 19.0 Å². The van der Waals surface area contributed by atoms with E-state index in [1.165, 1.54) is 48.9 Å². The van der Waals surface area contributed by atoms with Gasteiger partial charge in [-0.05, 0) is 49.0 Å². The van der Waals surface area contributed by atoms with Crippen LogP contribution in [0.3, 0.4) is 0 Å². The standard InChI is InChI=1S/C39H64O7Si/c1-32(46-47(38(2,3)4,33-23-17-14-18-24-33)34-25-19-15-20-26-34)22-16-12-10-8-9-11-13-21-27-35(40)37(43-31-42-29-28-41-7)36-30-44-39(5,6)45-36/h14-15,17-20,23-26,32,35-37,40H,8-13,16,21-22,27-31H2,1-7H3/t32-,35-,36+,37-/m0/s1. The zero-order valence-corrected chi connectivity index (χ0v) is 31.4. The zero-order valence-electron chi connectivity index (χ0n) is 30.4. The van der Waals surface area contributed by atoms with Gasteiger partial charge in [0.2, 0.25) is 0 Å². The van der Waals surface area contributed by atoms with E-state index >= 15 is 0 Å². The van der Waals surface area contributed by atoms with Gasteiger partial charge in [-0.15, -0.1) is 0 Å². The lowest BCUT2D eigenvalue weighted by Crippen LogP contribution is -2.67. The molecule has 2 aromatic rings. The summed E-state index contributed by atoms with van der Waals surface area (Å²) in [6.07, 6.45) is 9.91. The summed E-state index contributed by atoms with van der Waals surface area (Å²) in [4.78, 5) is 0. The van der Waals surface area contributed by atoms with Crippen LogP contribution in [0.15, 0.2) is 60.7 Å². The molecule has 1 N–H and O–H groups in total. The number of unbranched alkanes of at least 4 members (excludes halogenated alkanes) is 7. The summed E-state index contributed by atoms with van der Waals surface area (Å²) in [5, 5.41) is 13.7. The second kappa shape index (κ2) is 20.1. The van der Waals surface area contributed by atoms with E-state index in [1.807, 2.05) is 13.8 Å². The Bertz CT molecular complexity index is 1050. The molecule has 47 heavy (non-hydrogen) atoms. The largest absolute Gasteiger partial charge is 0.405 e. The summed E-state index contributed by atoms with van der Waals surface area (Å²) in [6, 6.07) is 21.9. The van der Waals surface area contributed by atoms with Crippen molar-refractivity contribution in [3.05, 3.63) is 60.7 Å². The molecule has 8 heteroatoms. The Labute approximate surface area is 286 Å². The van der Waals surface area contributed by atoms with E-state index in [0.29, 0.717) is 26.2 Å². The van der Waals surface area contributed by atoms with Gasteiger partial charge in [0, 0.05) is 13.2 Å². The lowest BCUT2D eigenvalue weighted by Gasteiger charge is -2.44. The van der Waals surface area contributed by atoms with Gasteiger partial charge in [-0.2, -0.15) is 0 Å². The summed E-state index contributed by atoms with van der Waals surface area (Å²) in [5.41, 5.74) is 0. The first kappa shape index (κ1) is 39.8. The molecular formula is C39H64O7Si. The first-order valence-electron chi connectivity index (χ1n) is 18.0. The second-order valence-corrected chi connectivity index (χ2v) is 18.8. The van der Waals surface area contributed by atoms with Crippen LogP contribution in [-0.2, 0) is 28.1 Å². The van der Waals surface area contributed by atoms with Crippen LogP contribution in [0.5, 0.6) is 0 Å². The summed E-state index contributed by atoms with van der Waals surface area (Å²) in [5.74, 6) is -0.670. The highest BCUT2D eigenvalue weighted by molar-refractivity contribution is 6.99. The van der Waals surface area contributed by atoms with Crippen LogP contribution in [0.4, 0.5) is 0 Å². The van der Waals surface area contributed by atoms with Gasteiger partial charge in [0.05, 0.1) is 25.9 Å². The molecule has 7 nitrogen and oxygen atoms in total. The second-order valence-electron chi connectivity index (χ2n) is 14.6. The molecule has 1 saturated heterocycles. The first-order valence-corrected chi connectivity index (χ1v) is 19.9. The van der Waals surface area contributed by atoms with Gasteiger partial charge in [0.15, 0.2) is 5.79 Å². The zero-order chi connectivity index (χ0) is 34.2. The van der Waals surface area contributed by atoms with Crippen LogP contribution >= 0.6 is 0 Å². The molecule has 0 radical (unpaired) electrons. The van der Waals surface area contributed by atoms with Crippen molar-refractivity contribution in [1.29, 1.82) is 0 Å². The third-order valence-corrected chi connectivity index (χ3v) is 14.4. The average molecular weight is 673 g/mol. The number of hydrogen-bond donors (Lipinski definition) is 1. The molecule has 4 atom stereocenters. The number of aliphatic hydroxyl groups is 1. The van der Waals surface area contributed by atoms with Crippen LogP contribution in [0.25, 0.3) is 0 Å². The highest BCUT2D eigenvalue weighted by Crippen LogP contribution is 2.38. The fourth-order valence-corrected chi connectivity index (χ4v) is 11.5. The van der Waals surface area contributed by atoms with E-state index in [1.54, 1.807) is 7.11 Å². The summed E-state index contributed by atoms with van der Waals surface area (Å²) in [7, 11) is -0.861. The van der Waals surface area contributed by atoms with E-state index in [0.717, 1.165) is 19.3 Å². The summed E-state index contributed by atoms with van der Waals surface area (Å²) >= 11 is 0. The Morgan fingerprint density at radius 2 is 1.36 bits per heavy atom. The highest BCUT2D eigenvalue weighted by Gasteiger charge is 2.51. The van der Waals surface area contributed by atoms with Gasteiger partial charge in [-0.25, -0.2) is 0 Å². The molecule has 3 rings (SSSR count). The van der Waals surface area contributed by atoms with Crippen molar-refractivity contribution in [2.75, 3.05) is 33.7 Å². The lowest BCUT2D eigenvalue weighted by atomic mass is 10.0. The van der Waals surface area contributed by atoms with Crippen LogP contribution in [0.1, 0.15) is 106 Å². The molecule has 1 aliphatic rings. The van der Waals surface area contributed by atoms with Gasteiger partial charge in [0.25, 0.3) is 8.32 Å². The van der Waals surface area contributed by atoms with Gasteiger partial charge < -0.3 is 33.2 Å². The van der Waals surface area contributed by atoms with E-state index in [2.05, 4.69) is 88.4 Å². The maximum atomic E-state index is 11.0. The number of aliphatic hydroxyl groups excluding tert-OH is 1. The Morgan fingerprint density at radius 3 is 1.85 bits per heavy atom. The minimum absolute atomic E-state index is 0.00204. The Balaban J connectivity index is 1.35. The molecule has 0 unspecified atom stereocenters. The van der Waals surface area contributed by atoms with Crippen molar-refractivity contribution in [2.24, 2.45) is 0 Å². The predicted molar refractivity (Wildman–Crippen MR) is 193 cm³/mol. The molecular weight excluding hydrogens is 609 g/mol. The summed E-state index contributed by atoms with van der Waals surface area (Å²) < 4.78 is 35.4. The van der Waals surface area contributed by atoms with E-state index in [4.69, 9.17) is 28.1 Å². The predicted octanol–water partition coefficient (Wildman–Crippen LogP) is 7.37. The monoisotopic (exact) mass is 672 g/mol. The van der Waals surface area contributed by atoms with Crippen molar-refractivity contribution in [3.63, 3.8) is 0 Å². The molecule has 1 fully saturated rings. The minimum atomic E-state index is -2.50. The van der Waals surface area contributed by atoms with Crippen molar-refractivity contribution < 1.29 is 33.2 Å². The molecule has 1 heterocycles. The molecule has 1 aliphatic heterocycles. The topological polar surface area (TPSA) is 75.6 Å². The number of ether oxygens (including phenoxy) is 5. The number of hydrogen-bond acceptors (Lipinski definition) is 7. The van der Waals surface area contributed by atoms with Crippen molar-refractivity contribution in [1.82, 2.24) is 0 Å². The molecule has 0 aromatic heterocycles. The first-order chi connectivity index (χ1) is 22.5. The SMILES string of the molecule is COCCOCO[C@@H]([C@@H](O)CCCCCCCCCC[C@H](C)O[Si](c1ccccc1)(c1ccccc1)C(C)(C)C)[C@H]1COC(C)(C)O1. The Hall–Kier alpha value is -1.62. The van der Waals surface area contributed by atoms with Crippen LogP contribution < -0.4 is 10.4 Å². The molecule has 2 aromatic carbocycles. The molecule has 0 aliphatic carbocycles. The molecule has 266 valence electrons. The van der Waals surface area contributed by atoms with Crippen LogP contribution in [0.2, 0.25) is 5.04 Å². The molecule has 0 bridgehead atoms. The minimum Gasteiger partial charge on any atom is -0.405 e. The maximum absolute atomic E-state index is 11.0. The van der Waals surface area contributed by atoms with E-state index in [-0.39, 0.29) is 24.0 Å². The molecule has 0 saturated carbocycles. The average Bonchev–Trinajstić information content (AvgIpc) is 3.41. The fourth-order valence-electron chi connectivity index (χ4n) is 6.73. The molecule has 0 amide bonds. The number of rotatable bonds is 23. The third kappa shape index (κ3) is 12.6. The van der Waals surface area contributed by atoms with Crippen molar-refractivity contribution >= 4 is 18.7 Å². The van der Waals surface area contributed by atoms with Gasteiger partial charge in [-0.3, -0.25) is 0 Å². The van der Waals surface area contributed by atoms with Gasteiger partial charge >= 0.3 is 0 Å². The quantitative estimate of drug-likeness (QED) is 0.0751. The molecule has 0 spiro atoms. The Kier molecular flexibility index (Phi) is 17.1. The third-order valence-electron chi connectivity index (χ3n) is 9.21. The van der Waals surface area contributed by atoms with Crippen LogP contribution in [-0.4, -0.2) is 77.4 Å². The number of benzene rings is 2. The van der Waals surface area contributed by atoms with Crippen LogP contribution in [0, 0.1) is 0 Å². The normalized spacial score (nSPS) is 18.7. The fraction of sp³-hybridized carbons (Fsp3) is 0.692. The van der Waals surface area contributed by atoms with Crippen molar-refractivity contribution in [2.45, 2.75) is 141 Å². The van der Waals surface area contributed by atoms with E-state index in [9.17, 15) is 5.11 Å². The number of methoxy groups -OCH3 is 1. The maximum Gasteiger partial charge on any atom is 0.261 e. The van der Waals surface area contributed by atoms with Gasteiger partial charge in [-0.1, -0.05) is 133 Å². The lowest BCUT2D eigenvalue weighted by molar-refractivity contribution is -0.192.